The molecule has 1 fully saturated rings. The Morgan fingerprint density at radius 1 is 1.23 bits per heavy atom. The van der Waals surface area contributed by atoms with Crippen LogP contribution in [-0.2, 0) is 0 Å². The number of aliphatic imine (C=N–C) groups is 2. The minimum atomic E-state index is -0.142. The molecule has 2 atom stereocenters. The minimum Gasteiger partial charge on any atom is -0.356 e. The van der Waals surface area contributed by atoms with E-state index >= 15 is 0 Å². The fraction of sp³-hybridized carbons (Fsp3) is 0.412. The fourth-order valence-corrected chi connectivity index (χ4v) is 3.18. The summed E-state index contributed by atoms with van der Waals surface area (Å²) in [6.45, 7) is 5.84. The van der Waals surface area contributed by atoms with Crippen molar-refractivity contribution in [2.75, 3.05) is 18.0 Å². The van der Waals surface area contributed by atoms with Crippen molar-refractivity contribution in [3.8, 4) is 0 Å². The summed E-state index contributed by atoms with van der Waals surface area (Å²) in [5, 5.41) is 1.97. The van der Waals surface area contributed by atoms with E-state index in [-0.39, 0.29) is 21.6 Å². The lowest BCUT2D eigenvalue weighted by atomic mass is 10.2. The van der Waals surface area contributed by atoms with Crippen molar-refractivity contribution in [2.24, 2.45) is 9.98 Å². The zero-order chi connectivity index (χ0) is 17.4. The number of nitrogens with zero attached hydrogens (tertiary/aromatic N) is 5. The summed E-state index contributed by atoms with van der Waals surface area (Å²) in [7, 11) is 0. The number of aromatic amines is 1. The van der Waals surface area contributed by atoms with Gasteiger partial charge in [0, 0.05) is 25.4 Å². The zero-order valence-corrected chi connectivity index (χ0v) is 16.5. The SMILES string of the molecule is CC1=CN=C(C)C2N=C(/C=C/c3nc(N4CCCC4)cc(=O)[nH]3)NN12.P. The highest BCUT2D eigenvalue weighted by atomic mass is 31.0. The second-order valence-corrected chi connectivity index (χ2v) is 6.43. The van der Waals surface area contributed by atoms with Gasteiger partial charge in [-0.1, -0.05) is 0 Å². The Kier molecular flexibility index (Phi) is 5.23. The van der Waals surface area contributed by atoms with E-state index in [0.717, 1.165) is 43.2 Å². The van der Waals surface area contributed by atoms with E-state index in [1.807, 2.05) is 31.1 Å². The van der Waals surface area contributed by atoms with Crippen LogP contribution in [0.4, 0.5) is 5.82 Å². The first-order valence-electron chi connectivity index (χ1n) is 8.49. The van der Waals surface area contributed by atoms with Crippen LogP contribution in [0, 0.1) is 0 Å². The van der Waals surface area contributed by atoms with Crippen LogP contribution in [0.5, 0.6) is 0 Å². The summed E-state index contributed by atoms with van der Waals surface area (Å²) in [6, 6.07) is 1.56. The summed E-state index contributed by atoms with van der Waals surface area (Å²) in [6.07, 6.45) is 7.59. The Morgan fingerprint density at radius 2 is 2.00 bits per heavy atom. The number of amidine groups is 1. The molecule has 9 heteroatoms. The maximum Gasteiger partial charge on any atom is 0.253 e. The quantitative estimate of drug-likeness (QED) is 0.780. The Bertz CT molecular complexity index is 864. The maximum absolute atomic E-state index is 11.9. The lowest BCUT2D eigenvalue weighted by Crippen LogP contribution is -2.43. The molecule has 2 N–H and O–H groups in total. The maximum atomic E-state index is 11.9. The number of nitrogens with one attached hydrogen (secondary N) is 2. The summed E-state index contributed by atoms with van der Waals surface area (Å²) in [5.74, 6) is 1.98. The standard InChI is InChI=1S/C17H21N7O.H3P/c1-11-10-18-12(2)17-21-14(22-24(11)17)6-5-13-19-15(9-16(25)20-13)23-7-3-4-8-23;/h5-6,9-10,17H,3-4,7-8H2,1-2H3,(H,21,22)(H,19,20,25);1H3/b6-5+;. The van der Waals surface area contributed by atoms with Crippen LogP contribution in [0.2, 0.25) is 0 Å². The fourth-order valence-electron chi connectivity index (χ4n) is 3.18. The van der Waals surface area contributed by atoms with Crippen LogP contribution in [0.25, 0.3) is 6.08 Å². The molecular weight excluding hydrogens is 349 g/mol. The van der Waals surface area contributed by atoms with E-state index in [1.165, 1.54) is 0 Å². The van der Waals surface area contributed by atoms with Crippen LogP contribution < -0.4 is 15.9 Å². The normalized spacial score (nSPS) is 21.8. The highest BCUT2D eigenvalue weighted by Crippen LogP contribution is 2.20. The molecule has 8 nitrogen and oxygen atoms in total. The average molecular weight is 373 g/mol. The lowest BCUT2D eigenvalue weighted by Gasteiger charge is -2.27. The largest absolute Gasteiger partial charge is 0.356 e. The number of hydrogen-bond acceptors (Lipinski definition) is 7. The van der Waals surface area contributed by atoms with Crippen LogP contribution in [0.1, 0.15) is 32.5 Å². The molecule has 3 aliphatic heterocycles. The van der Waals surface area contributed by atoms with Gasteiger partial charge in [-0.15, -0.1) is 0 Å². The molecule has 4 rings (SSSR count). The summed E-state index contributed by atoms with van der Waals surface area (Å²) >= 11 is 0. The zero-order valence-electron chi connectivity index (χ0n) is 15.1. The van der Waals surface area contributed by atoms with Crippen LogP contribution in [0.15, 0.2) is 38.8 Å². The molecule has 138 valence electrons. The summed E-state index contributed by atoms with van der Waals surface area (Å²) in [5.41, 5.74) is 5.04. The summed E-state index contributed by atoms with van der Waals surface area (Å²) in [4.78, 5) is 30.4. The van der Waals surface area contributed by atoms with E-state index < -0.39 is 0 Å². The number of allylic oxidation sites excluding steroid dienone is 1. The highest BCUT2D eigenvalue weighted by molar-refractivity contribution is 6.92. The second kappa shape index (κ2) is 7.41. The van der Waals surface area contributed by atoms with Gasteiger partial charge in [-0.25, -0.2) is 9.98 Å². The van der Waals surface area contributed by atoms with E-state index in [9.17, 15) is 4.79 Å². The van der Waals surface area contributed by atoms with Gasteiger partial charge in [-0.05, 0) is 38.8 Å². The number of rotatable bonds is 3. The molecule has 0 bridgehead atoms. The third kappa shape index (κ3) is 3.55. The second-order valence-electron chi connectivity index (χ2n) is 6.43. The van der Waals surface area contributed by atoms with Crippen molar-refractivity contribution < 1.29 is 0 Å². The van der Waals surface area contributed by atoms with Crippen molar-refractivity contribution in [1.29, 1.82) is 0 Å². The van der Waals surface area contributed by atoms with Gasteiger partial charge in [-0.2, -0.15) is 9.90 Å². The van der Waals surface area contributed by atoms with E-state index in [4.69, 9.17) is 0 Å². The van der Waals surface area contributed by atoms with Crippen molar-refractivity contribution >= 4 is 33.3 Å². The molecule has 1 saturated heterocycles. The van der Waals surface area contributed by atoms with Crippen molar-refractivity contribution in [1.82, 2.24) is 20.4 Å². The van der Waals surface area contributed by atoms with E-state index in [2.05, 4.69) is 30.3 Å². The first-order chi connectivity index (χ1) is 12.1. The number of H-pyrrole nitrogens is 1. The highest BCUT2D eigenvalue weighted by Gasteiger charge is 2.29. The number of hydrazine groups is 1. The van der Waals surface area contributed by atoms with Gasteiger partial charge < -0.3 is 9.88 Å². The third-order valence-corrected chi connectivity index (χ3v) is 4.53. The van der Waals surface area contributed by atoms with Crippen molar-refractivity contribution in [2.45, 2.75) is 32.9 Å². The molecule has 1 aromatic rings. The van der Waals surface area contributed by atoms with E-state index in [0.29, 0.717) is 11.7 Å². The van der Waals surface area contributed by atoms with Gasteiger partial charge in [0.15, 0.2) is 6.17 Å². The van der Waals surface area contributed by atoms with Crippen LogP contribution in [-0.4, -0.2) is 45.8 Å². The molecule has 0 saturated carbocycles. The molecule has 0 aliphatic carbocycles. The van der Waals surface area contributed by atoms with Crippen LogP contribution >= 0.6 is 9.90 Å². The molecule has 0 aromatic carbocycles. The van der Waals surface area contributed by atoms with Gasteiger partial charge in [0.1, 0.15) is 17.5 Å². The monoisotopic (exact) mass is 373 g/mol. The number of fused-ring (bicyclic) bond motifs is 1. The molecule has 3 aliphatic rings. The molecule has 0 amide bonds. The molecule has 1 aromatic heterocycles. The number of hydrogen-bond donors (Lipinski definition) is 2. The predicted molar refractivity (Wildman–Crippen MR) is 110 cm³/mol. The molecule has 2 unspecified atom stereocenters. The Balaban J connectivity index is 0.00000196. The third-order valence-electron chi connectivity index (χ3n) is 4.53. The number of anilines is 1. The summed E-state index contributed by atoms with van der Waals surface area (Å²) < 4.78 is 0. The molecule has 0 spiro atoms. The molecule has 4 heterocycles. The lowest BCUT2D eigenvalue weighted by molar-refractivity contribution is 0.296. The molecular formula is C17H24N7OP. The van der Waals surface area contributed by atoms with Gasteiger partial charge in [0.05, 0.1) is 11.4 Å². The number of aromatic nitrogens is 2. The van der Waals surface area contributed by atoms with Gasteiger partial charge in [0.2, 0.25) is 0 Å². The topological polar surface area (TPSA) is 89.0 Å². The minimum absolute atomic E-state index is 0. The van der Waals surface area contributed by atoms with Crippen molar-refractivity contribution in [3.05, 3.63) is 40.2 Å². The van der Waals surface area contributed by atoms with Crippen LogP contribution in [0.3, 0.4) is 0 Å². The van der Waals surface area contributed by atoms with Gasteiger partial charge in [0.25, 0.3) is 5.56 Å². The predicted octanol–water partition coefficient (Wildman–Crippen LogP) is 1.32. The smallest absolute Gasteiger partial charge is 0.253 e. The molecule has 0 radical (unpaired) electrons. The van der Waals surface area contributed by atoms with Crippen molar-refractivity contribution in [3.63, 3.8) is 0 Å². The Morgan fingerprint density at radius 3 is 2.73 bits per heavy atom. The average Bonchev–Trinajstić information content (AvgIpc) is 3.26. The van der Waals surface area contributed by atoms with E-state index in [1.54, 1.807) is 12.1 Å². The Labute approximate surface area is 155 Å². The van der Waals surface area contributed by atoms with Gasteiger partial charge in [-0.3, -0.25) is 20.2 Å². The van der Waals surface area contributed by atoms with Gasteiger partial charge >= 0.3 is 0 Å². The Hall–Kier alpha value is -2.47. The first-order valence-corrected chi connectivity index (χ1v) is 8.49. The first kappa shape index (κ1) is 18.3. The molecule has 26 heavy (non-hydrogen) atoms.